The Balaban J connectivity index is 1.89. The first-order valence-electron chi connectivity index (χ1n) is 7.47. The Bertz CT molecular complexity index is 1030. The van der Waals surface area contributed by atoms with Gasteiger partial charge in [0.25, 0.3) is 11.6 Å². The van der Waals surface area contributed by atoms with Gasteiger partial charge in [0, 0.05) is 21.1 Å². The van der Waals surface area contributed by atoms with E-state index in [4.69, 9.17) is 4.74 Å². The van der Waals surface area contributed by atoms with Crippen LogP contribution < -0.4 is 16.0 Å². The van der Waals surface area contributed by atoms with Crippen LogP contribution in [0.1, 0.15) is 5.56 Å². The van der Waals surface area contributed by atoms with E-state index in [1.54, 1.807) is 18.7 Å². The Labute approximate surface area is 138 Å². The van der Waals surface area contributed by atoms with E-state index in [-0.39, 0.29) is 0 Å². The van der Waals surface area contributed by atoms with E-state index in [2.05, 4.69) is 4.98 Å². The van der Waals surface area contributed by atoms with E-state index in [9.17, 15) is 9.59 Å². The maximum atomic E-state index is 12.3. The standard InChI is InChI=1S/C17H18N4O3/c1-19-13-14(20(2)17(23)21(3)15(13)22)18-16(19)24-11-7-10-12-8-5-4-6-9-12/h4-10H,11H2,1-3H3/b10-7-. The summed E-state index contributed by atoms with van der Waals surface area (Å²) in [4.78, 5) is 28.5. The second kappa shape index (κ2) is 6.19. The minimum absolute atomic E-state index is 0.293. The second-order valence-electron chi connectivity index (χ2n) is 5.46. The lowest BCUT2D eigenvalue weighted by molar-refractivity contribution is 0.324. The van der Waals surface area contributed by atoms with Gasteiger partial charge in [-0.25, -0.2) is 4.79 Å². The third-order valence-corrected chi connectivity index (χ3v) is 3.85. The van der Waals surface area contributed by atoms with Crippen LogP contribution in [-0.2, 0) is 21.1 Å². The largest absolute Gasteiger partial charge is 0.460 e. The molecular formula is C17H18N4O3. The molecule has 7 nitrogen and oxygen atoms in total. The summed E-state index contributed by atoms with van der Waals surface area (Å²) < 4.78 is 9.59. The lowest BCUT2D eigenvalue weighted by Crippen LogP contribution is -2.37. The molecule has 0 saturated heterocycles. The van der Waals surface area contributed by atoms with Crippen LogP contribution in [0.4, 0.5) is 0 Å². The Kier molecular flexibility index (Phi) is 4.07. The summed E-state index contributed by atoms with van der Waals surface area (Å²) in [6.45, 7) is 0.306. The quantitative estimate of drug-likeness (QED) is 0.719. The highest BCUT2D eigenvalue weighted by Gasteiger charge is 2.17. The molecule has 0 N–H and O–H groups in total. The highest BCUT2D eigenvalue weighted by molar-refractivity contribution is 5.71. The number of hydrogen-bond acceptors (Lipinski definition) is 4. The molecule has 0 aliphatic carbocycles. The number of hydrogen-bond donors (Lipinski definition) is 0. The lowest BCUT2D eigenvalue weighted by Gasteiger charge is -2.03. The van der Waals surface area contributed by atoms with Crippen LogP contribution in [0, 0.1) is 0 Å². The molecule has 0 bridgehead atoms. The van der Waals surface area contributed by atoms with Crippen molar-refractivity contribution in [3.8, 4) is 6.01 Å². The summed E-state index contributed by atoms with van der Waals surface area (Å²) in [6.07, 6.45) is 3.81. The van der Waals surface area contributed by atoms with Crippen molar-refractivity contribution in [2.24, 2.45) is 21.1 Å². The van der Waals surface area contributed by atoms with Gasteiger partial charge in [-0.05, 0) is 11.6 Å². The third-order valence-electron chi connectivity index (χ3n) is 3.85. The predicted octanol–water partition coefficient (Wildman–Crippen LogP) is 1.06. The van der Waals surface area contributed by atoms with E-state index in [0.29, 0.717) is 23.8 Å². The normalized spacial score (nSPS) is 11.5. The van der Waals surface area contributed by atoms with Crippen LogP contribution in [0.15, 0.2) is 46.0 Å². The van der Waals surface area contributed by atoms with Crippen molar-refractivity contribution < 1.29 is 4.74 Å². The number of nitrogens with zero attached hydrogens (tertiary/aromatic N) is 4. The van der Waals surface area contributed by atoms with Crippen LogP contribution >= 0.6 is 0 Å². The molecule has 24 heavy (non-hydrogen) atoms. The fourth-order valence-corrected chi connectivity index (χ4v) is 2.50. The fourth-order valence-electron chi connectivity index (χ4n) is 2.50. The van der Waals surface area contributed by atoms with Crippen LogP contribution in [0.2, 0.25) is 0 Å². The van der Waals surface area contributed by atoms with Gasteiger partial charge in [0.2, 0.25) is 0 Å². The first-order valence-corrected chi connectivity index (χ1v) is 7.47. The van der Waals surface area contributed by atoms with Crippen molar-refractivity contribution in [1.29, 1.82) is 0 Å². The van der Waals surface area contributed by atoms with Gasteiger partial charge in [-0.15, -0.1) is 0 Å². The number of fused-ring (bicyclic) bond motifs is 1. The van der Waals surface area contributed by atoms with Crippen molar-refractivity contribution >= 4 is 17.2 Å². The van der Waals surface area contributed by atoms with Gasteiger partial charge in [-0.3, -0.25) is 18.5 Å². The van der Waals surface area contributed by atoms with Crippen LogP contribution in [0.25, 0.3) is 17.2 Å². The molecule has 0 fully saturated rings. The number of aryl methyl sites for hydroxylation is 2. The Hall–Kier alpha value is -3.09. The third kappa shape index (κ3) is 2.64. The molecule has 2 aromatic heterocycles. The number of benzene rings is 1. The topological polar surface area (TPSA) is 71.1 Å². The first-order chi connectivity index (χ1) is 11.5. The van der Waals surface area contributed by atoms with Gasteiger partial charge in [-0.2, -0.15) is 4.98 Å². The lowest BCUT2D eigenvalue weighted by atomic mass is 10.2. The molecule has 0 atom stereocenters. The minimum Gasteiger partial charge on any atom is -0.460 e. The first kappa shape index (κ1) is 15.8. The van der Waals surface area contributed by atoms with E-state index in [1.165, 1.54) is 11.6 Å². The Morgan fingerprint density at radius 3 is 2.46 bits per heavy atom. The highest BCUT2D eigenvalue weighted by atomic mass is 16.5. The maximum Gasteiger partial charge on any atom is 0.332 e. The Morgan fingerprint density at radius 1 is 1.04 bits per heavy atom. The number of imidazole rings is 1. The van der Waals surface area contributed by atoms with Crippen molar-refractivity contribution in [2.75, 3.05) is 6.61 Å². The van der Waals surface area contributed by atoms with Crippen LogP contribution in [-0.4, -0.2) is 25.3 Å². The molecule has 0 aliphatic rings. The predicted molar refractivity (Wildman–Crippen MR) is 92.2 cm³/mol. The highest BCUT2D eigenvalue weighted by Crippen LogP contribution is 2.15. The Morgan fingerprint density at radius 2 is 1.75 bits per heavy atom. The molecule has 3 rings (SSSR count). The van der Waals surface area contributed by atoms with Gasteiger partial charge >= 0.3 is 5.69 Å². The zero-order valence-corrected chi connectivity index (χ0v) is 13.8. The van der Waals surface area contributed by atoms with Gasteiger partial charge in [-0.1, -0.05) is 36.4 Å². The zero-order chi connectivity index (χ0) is 17.3. The minimum atomic E-state index is -0.416. The summed E-state index contributed by atoms with van der Waals surface area (Å²) in [5, 5.41) is 0. The summed E-state index contributed by atoms with van der Waals surface area (Å²) in [5.41, 5.74) is 0.913. The van der Waals surface area contributed by atoms with Crippen LogP contribution in [0.3, 0.4) is 0 Å². The fraction of sp³-hybridized carbons (Fsp3) is 0.235. The molecule has 124 valence electrons. The van der Waals surface area contributed by atoms with Gasteiger partial charge in [0.05, 0.1) is 0 Å². The van der Waals surface area contributed by atoms with E-state index in [0.717, 1.165) is 10.1 Å². The monoisotopic (exact) mass is 326 g/mol. The average Bonchev–Trinajstić information content (AvgIpc) is 2.93. The summed E-state index contributed by atoms with van der Waals surface area (Å²) in [5.74, 6) is 0. The summed E-state index contributed by atoms with van der Waals surface area (Å²) >= 11 is 0. The van der Waals surface area contributed by atoms with Gasteiger partial charge in [0.1, 0.15) is 6.61 Å². The molecule has 0 radical (unpaired) electrons. The van der Waals surface area contributed by atoms with E-state index in [1.807, 2.05) is 42.5 Å². The molecule has 0 amide bonds. The number of ether oxygens (including phenoxy) is 1. The van der Waals surface area contributed by atoms with E-state index >= 15 is 0 Å². The van der Waals surface area contributed by atoms with Crippen LogP contribution in [0.5, 0.6) is 6.01 Å². The van der Waals surface area contributed by atoms with Crippen molar-refractivity contribution in [3.63, 3.8) is 0 Å². The molecule has 0 saturated carbocycles. The van der Waals surface area contributed by atoms with Crippen molar-refractivity contribution in [2.45, 2.75) is 0 Å². The number of rotatable bonds is 4. The van der Waals surface area contributed by atoms with Crippen molar-refractivity contribution in [3.05, 3.63) is 62.8 Å². The van der Waals surface area contributed by atoms with E-state index < -0.39 is 11.2 Å². The molecule has 2 heterocycles. The number of aromatic nitrogens is 4. The second-order valence-corrected chi connectivity index (χ2v) is 5.46. The molecule has 1 aromatic carbocycles. The smallest absolute Gasteiger partial charge is 0.332 e. The summed E-state index contributed by atoms with van der Waals surface area (Å²) in [7, 11) is 4.72. The average molecular weight is 326 g/mol. The molecule has 0 aliphatic heterocycles. The van der Waals surface area contributed by atoms with Gasteiger partial charge in [0.15, 0.2) is 11.2 Å². The maximum absolute atomic E-state index is 12.3. The molecule has 0 spiro atoms. The summed E-state index contributed by atoms with van der Waals surface area (Å²) in [6, 6.07) is 10.2. The zero-order valence-electron chi connectivity index (χ0n) is 13.8. The van der Waals surface area contributed by atoms with Gasteiger partial charge < -0.3 is 4.74 Å². The molecule has 3 aromatic rings. The molecule has 7 heteroatoms. The van der Waals surface area contributed by atoms with Crippen molar-refractivity contribution in [1.82, 2.24) is 18.7 Å². The molecule has 0 unspecified atom stereocenters. The molecular weight excluding hydrogens is 308 g/mol. The SMILES string of the molecule is Cn1c(=O)c2c(nc(OC/C=C\c3ccccc3)n2C)n(C)c1=O.